The van der Waals surface area contributed by atoms with Gasteiger partial charge in [0.25, 0.3) is 0 Å². The van der Waals surface area contributed by atoms with E-state index in [-0.39, 0.29) is 17.2 Å². The van der Waals surface area contributed by atoms with Crippen LogP contribution in [0.2, 0.25) is 0 Å². The van der Waals surface area contributed by atoms with Crippen LogP contribution in [-0.2, 0) is 0 Å². The summed E-state index contributed by atoms with van der Waals surface area (Å²) in [6, 6.07) is 4.68. The van der Waals surface area contributed by atoms with Crippen molar-refractivity contribution in [2.45, 2.75) is 0 Å². The Balaban J connectivity index is 3.17. The first-order valence-electron chi connectivity index (χ1n) is 3.85. The van der Waals surface area contributed by atoms with Gasteiger partial charge in [-0.3, -0.25) is 0 Å². The Labute approximate surface area is 81.3 Å². The molecule has 0 amide bonds. The number of benzene rings is 1. The van der Waals surface area contributed by atoms with Gasteiger partial charge in [-0.05, 0) is 23.8 Å². The third-order valence-electron chi connectivity index (χ3n) is 1.65. The minimum Gasteiger partial charge on any atom is -0.504 e. The number of nitriles is 1. The highest BCUT2D eigenvalue weighted by Gasteiger charge is 2.07. The average Bonchev–Trinajstić information content (AvgIpc) is 2.19. The molecule has 14 heavy (non-hydrogen) atoms. The summed E-state index contributed by atoms with van der Waals surface area (Å²) in [6.07, 6.45) is 2.77. The number of nitrogens with zero attached hydrogens (tertiary/aromatic N) is 1. The molecule has 1 aromatic carbocycles. The molecule has 0 spiro atoms. The Hall–Kier alpha value is -2.15. The van der Waals surface area contributed by atoms with Crippen molar-refractivity contribution >= 4 is 6.08 Å². The van der Waals surface area contributed by atoms with Gasteiger partial charge in [-0.2, -0.15) is 5.26 Å². The van der Waals surface area contributed by atoms with Crippen molar-refractivity contribution in [3.8, 4) is 23.3 Å². The number of hydrogen-bond acceptors (Lipinski definition) is 4. The van der Waals surface area contributed by atoms with Gasteiger partial charge in [0, 0.05) is 6.08 Å². The van der Waals surface area contributed by atoms with E-state index in [0.29, 0.717) is 5.56 Å². The summed E-state index contributed by atoms with van der Waals surface area (Å²) in [5, 5.41) is 26.8. The van der Waals surface area contributed by atoms with Crippen molar-refractivity contribution in [2.24, 2.45) is 0 Å². The van der Waals surface area contributed by atoms with Crippen molar-refractivity contribution in [3.63, 3.8) is 0 Å². The highest BCUT2D eigenvalue weighted by atomic mass is 16.5. The lowest BCUT2D eigenvalue weighted by Crippen LogP contribution is -1.85. The van der Waals surface area contributed by atoms with Gasteiger partial charge < -0.3 is 14.9 Å². The Morgan fingerprint density at radius 3 is 2.71 bits per heavy atom. The number of hydrogen-bond donors (Lipinski definition) is 2. The summed E-state index contributed by atoms with van der Waals surface area (Å²) < 4.78 is 4.82. The molecule has 0 aliphatic heterocycles. The van der Waals surface area contributed by atoms with E-state index in [1.54, 1.807) is 0 Å². The second-order valence-electron chi connectivity index (χ2n) is 2.55. The molecular weight excluding hydrogens is 182 g/mol. The van der Waals surface area contributed by atoms with E-state index >= 15 is 0 Å². The summed E-state index contributed by atoms with van der Waals surface area (Å²) in [5.74, 6) is -0.411. The molecule has 0 saturated heterocycles. The predicted molar refractivity (Wildman–Crippen MR) is 51.0 cm³/mol. The van der Waals surface area contributed by atoms with Crippen LogP contribution in [-0.4, -0.2) is 17.3 Å². The van der Waals surface area contributed by atoms with Crippen LogP contribution < -0.4 is 4.74 Å². The summed E-state index contributed by atoms with van der Waals surface area (Å²) in [7, 11) is 1.38. The highest BCUT2D eigenvalue weighted by Crippen LogP contribution is 2.36. The Kier molecular flexibility index (Phi) is 2.97. The molecule has 1 rings (SSSR count). The maximum absolute atomic E-state index is 9.28. The van der Waals surface area contributed by atoms with Gasteiger partial charge in [-0.25, -0.2) is 0 Å². The van der Waals surface area contributed by atoms with Crippen LogP contribution in [0, 0.1) is 11.3 Å². The van der Waals surface area contributed by atoms with Crippen molar-refractivity contribution in [1.29, 1.82) is 5.26 Å². The van der Waals surface area contributed by atoms with Crippen LogP contribution in [0.3, 0.4) is 0 Å². The first kappa shape index (κ1) is 9.93. The smallest absolute Gasteiger partial charge is 0.200 e. The van der Waals surface area contributed by atoms with Gasteiger partial charge in [0.15, 0.2) is 11.5 Å². The number of ether oxygens (including phenoxy) is 1. The third-order valence-corrected chi connectivity index (χ3v) is 1.65. The fraction of sp³-hybridized carbons (Fsp3) is 0.100. The van der Waals surface area contributed by atoms with Crippen LogP contribution in [0.5, 0.6) is 17.2 Å². The molecule has 4 heteroatoms. The lowest BCUT2D eigenvalue weighted by Gasteiger charge is -2.05. The maximum Gasteiger partial charge on any atom is 0.200 e. The number of allylic oxidation sites excluding steroid dienone is 1. The quantitative estimate of drug-likeness (QED) is 0.550. The fourth-order valence-electron chi connectivity index (χ4n) is 0.999. The predicted octanol–water partition coefficient (Wildman–Crippen LogP) is 1.64. The van der Waals surface area contributed by atoms with Gasteiger partial charge in [-0.15, -0.1) is 0 Å². The van der Waals surface area contributed by atoms with E-state index in [0.717, 1.165) is 0 Å². The van der Waals surface area contributed by atoms with E-state index in [4.69, 9.17) is 10.00 Å². The van der Waals surface area contributed by atoms with Gasteiger partial charge >= 0.3 is 0 Å². The van der Waals surface area contributed by atoms with E-state index < -0.39 is 0 Å². The van der Waals surface area contributed by atoms with Crippen molar-refractivity contribution in [3.05, 3.63) is 23.8 Å². The topological polar surface area (TPSA) is 73.5 Å². The molecule has 0 aliphatic rings. The molecule has 2 N–H and O–H groups in total. The number of phenolic OH excluding ortho intramolecular Hbond substituents is 2. The average molecular weight is 191 g/mol. The minimum absolute atomic E-state index is 0.169. The van der Waals surface area contributed by atoms with Crippen LogP contribution >= 0.6 is 0 Å². The molecule has 72 valence electrons. The lowest BCUT2D eigenvalue weighted by atomic mass is 10.1. The minimum atomic E-state index is -0.304. The van der Waals surface area contributed by atoms with Crippen LogP contribution in [0.1, 0.15) is 5.56 Å². The molecule has 0 aliphatic carbocycles. The second-order valence-corrected chi connectivity index (χ2v) is 2.55. The van der Waals surface area contributed by atoms with Gasteiger partial charge in [0.05, 0.1) is 13.2 Å². The van der Waals surface area contributed by atoms with E-state index in [1.807, 2.05) is 6.07 Å². The second kappa shape index (κ2) is 4.19. The van der Waals surface area contributed by atoms with Gasteiger partial charge in [0.2, 0.25) is 5.75 Å². The van der Waals surface area contributed by atoms with Crippen molar-refractivity contribution in [2.75, 3.05) is 7.11 Å². The molecule has 0 atom stereocenters. The molecule has 0 aromatic heterocycles. The molecule has 0 bridgehead atoms. The fourth-order valence-corrected chi connectivity index (χ4v) is 0.999. The lowest BCUT2D eigenvalue weighted by molar-refractivity contribution is 0.351. The largest absolute Gasteiger partial charge is 0.504 e. The Morgan fingerprint density at radius 2 is 2.14 bits per heavy atom. The summed E-state index contributed by atoms with van der Waals surface area (Å²) in [5.41, 5.74) is 0.582. The number of aromatic hydroxyl groups is 2. The van der Waals surface area contributed by atoms with Gasteiger partial charge in [0.1, 0.15) is 0 Å². The summed E-state index contributed by atoms with van der Waals surface area (Å²) in [6.45, 7) is 0. The van der Waals surface area contributed by atoms with Crippen LogP contribution in [0.4, 0.5) is 0 Å². The highest BCUT2D eigenvalue weighted by molar-refractivity contribution is 5.61. The Bertz CT molecular complexity index is 405. The summed E-state index contributed by atoms with van der Waals surface area (Å²) in [4.78, 5) is 0. The molecule has 0 unspecified atom stereocenters. The Morgan fingerprint density at radius 1 is 1.43 bits per heavy atom. The van der Waals surface area contributed by atoms with E-state index in [2.05, 4.69) is 0 Å². The van der Waals surface area contributed by atoms with E-state index in [9.17, 15) is 10.2 Å². The molecule has 1 aromatic rings. The van der Waals surface area contributed by atoms with Crippen molar-refractivity contribution in [1.82, 2.24) is 0 Å². The zero-order valence-corrected chi connectivity index (χ0v) is 7.56. The maximum atomic E-state index is 9.28. The van der Waals surface area contributed by atoms with E-state index in [1.165, 1.54) is 31.4 Å². The molecule has 0 saturated carbocycles. The number of methoxy groups -OCH3 is 1. The van der Waals surface area contributed by atoms with Crippen LogP contribution in [0.15, 0.2) is 18.2 Å². The SMILES string of the molecule is COc1cc(C=CC#N)cc(O)c1O. The standard InChI is InChI=1S/C10H9NO3/c1-14-9-6-7(3-2-4-11)5-8(12)10(9)13/h2-3,5-6,12-13H,1H3. The zero-order chi connectivity index (χ0) is 10.6. The number of phenols is 2. The third kappa shape index (κ3) is 1.96. The number of rotatable bonds is 2. The molecular formula is C10H9NO3. The molecule has 4 nitrogen and oxygen atoms in total. The molecule has 0 radical (unpaired) electrons. The van der Waals surface area contributed by atoms with Crippen LogP contribution in [0.25, 0.3) is 6.08 Å². The monoisotopic (exact) mass is 191 g/mol. The van der Waals surface area contributed by atoms with Crippen molar-refractivity contribution < 1.29 is 14.9 Å². The first-order chi connectivity index (χ1) is 6.69. The molecule has 0 fully saturated rings. The zero-order valence-electron chi connectivity index (χ0n) is 7.56. The summed E-state index contributed by atoms with van der Waals surface area (Å²) >= 11 is 0. The van der Waals surface area contributed by atoms with Gasteiger partial charge in [-0.1, -0.05) is 0 Å². The normalized spacial score (nSPS) is 10.0. The first-order valence-corrected chi connectivity index (χ1v) is 3.85. The molecule has 0 heterocycles.